The number of nitrogens with zero attached hydrogens (tertiary/aromatic N) is 3. The van der Waals surface area contributed by atoms with E-state index in [4.69, 9.17) is 9.16 Å². The smallest absolute Gasteiger partial charge is 0.272 e. The van der Waals surface area contributed by atoms with Gasteiger partial charge in [0, 0.05) is 24.0 Å². The van der Waals surface area contributed by atoms with E-state index in [2.05, 4.69) is 39.0 Å². The van der Waals surface area contributed by atoms with Crippen molar-refractivity contribution in [1.82, 2.24) is 14.7 Å². The van der Waals surface area contributed by atoms with Crippen LogP contribution in [0.15, 0.2) is 42.5 Å². The van der Waals surface area contributed by atoms with Gasteiger partial charge < -0.3 is 14.1 Å². The largest absolute Gasteiger partial charge is 0.489 e. The molecule has 0 saturated carbocycles. The number of halogens is 1. The van der Waals surface area contributed by atoms with Crippen LogP contribution in [0.5, 0.6) is 5.75 Å². The highest BCUT2D eigenvalue weighted by molar-refractivity contribution is 6.74. The molecule has 0 saturated heterocycles. The molecule has 0 unspecified atom stereocenters. The summed E-state index contributed by atoms with van der Waals surface area (Å²) >= 11 is 0. The van der Waals surface area contributed by atoms with Crippen LogP contribution in [0.25, 0.3) is 10.9 Å². The Morgan fingerprint density at radius 3 is 2.61 bits per heavy atom. The normalized spacial score (nSPS) is 14.6. The first-order chi connectivity index (χ1) is 15.6. The van der Waals surface area contributed by atoms with Crippen molar-refractivity contribution in [2.45, 2.75) is 52.1 Å². The number of carbonyl (C=O) groups excluding carboxylic acids is 1. The van der Waals surface area contributed by atoms with Crippen LogP contribution in [0.1, 0.15) is 36.8 Å². The van der Waals surface area contributed by atoms with Crippen LogP contribution < -0.4 is 4.74 Å². The number of ether oxygens (including phenoxy) is 1. The minimum atomic E-state index is -1.86. The van der Waals surface area contributed by atoms with E-state index >= 15 is 0 Å². The first-order valence-corrected chi connectivity index (χ1v) is 14.3. The Balaban J connectivity index is 1.48. The molecule has 2 heterocycles. The fourth-order valence-electron chi connectivity index (χ4n) is 3.67. The summed E-state index contributed by atoms with van der Waals surface area (Å²) in [5, 5.41) is 5.48. The molecule has 0 spiro atoms. The minimum absolute atomic E-state index is 0.0474. The van der Waals surface area contributed by atoms with Crippen LogP contribution in [-0.2, 0) is 17.6 Å². The van der Waals surface area contributed by atoms with Crippen molar-refractivity contribution in [3.05, 3.63) is 59.5 Å². The highest BCUT2D eigenvalue weighted by Crippen LogP contribution is 2.36. The average Bonchev–Trinajstić information content (AvgIpc) is 3.12. The first-order valence-electron chi connectivity index (χ1n) is 11.4. The molecular formula is C25H32FN3O3Si. The number of hydrogen-bond acceptors (Lipinski definition) is 4. The summed E-state index contributed by atoms with van der Waals surface area (Å²) < 4.78 is 27.8. The van der Waals surface area contributed by atoms with Crippen LogP contribution in [0.4, 0.5) is 4.39 Å². The van der Waals surface area contributed by atoms with Crippen molar-refractivity contribution >= 4 is 25.1 Å². The molecular weight excluding hydrogens is 437 g/mol. The lowest BCUT2D eigenvalue weighted by atomic mass is 10.1. The third-order valence-electron chi connectivity index (χ3n) is 6.76. The van der Waals surface area contributed by atoms with E-state index < -0.39 is 8.32 Å². The number of hydrogen-bond donors (Lipinski definition) is 0. The quantitative estimate of drug-likeness (QED) is 0.445. The average molecular weight is 470 g/mol. The van der Waals surface area contributed by atoms with Gasteiger partial charge in [-0.2, -0.15) is 5.10 Å². The first kappa shape index (κ1) is 23.4. The van der Waals surface area contributed by atoms with Crippen LogP contribution in [0.3, 0.4) is 0 Å². The molecule has 1 aliphatic heterocycles. The van der Waals surface area contributed by atoms with Crippen LogP contribution in [-0.4, -0.2) is 48.6 Å². The summed E-state index contributed by atoms with van der Waals surface area (Å²) in [5.74, 6) is 0.230. The fourth-order valence-corrected chi connectivity index (χ4v) is 4.71. The molecule has 0 N–H and O–H groups in total. The van der Waals surface area contributed by atoms with E-state index in [1.165, 1.54) is 6.07 Å². The number of benzene rings is 2. The maximum atomic E-state index is 13.9. The molecule has 8 heteroatoms. The van der Waals surface area contributed by atoms with Gasteiger partial charge in [0.15, 0.2) is 8.32 Å². The van der Waals surface area contributed by atoms with E-state index in [1.807, 2.05) is 17.0 Å². The van der Waals surface area contributed by atoms with Crippen molar-refractivity contribution in [3.8, 4) is 5.75 Å². The van der Waals surface area contributed by atoms with Gasteiger partial charge in [-0.05, 0) is 42.4 Å². The fraction of sp³-hybridized carbons (Fsp3) is 0.440. The molecule has 0 radical (unpaired) electrons. The zero-order chi connectivity index (χ0) is 23.8. The van der Waals surface area contributed by atoms with E-state index in [0.29, 0.717) is 43.2 Å². The number of aromatic nitrogens is 2. The Kier molecular flexibility index (Phi) is 6.33. The number of fused-ring (bicyclic) bond motifs is 3. The molecule has 1 aromatic heterocycles. The summed E-state index contributed by atoms with van der Waals surface area (Å²) in [5.41, 5.74) is 1.80. The Labute approximate surface area is 195 Å². The summed E-state index contributed by atoms with van der Waals surface area (Å²) in [4.78, 5) is 15.2. The van der Waals surface area contributed by atoms with Gasteiger partial charge in [0.2, 0.25) is 0 Å². The highest BCUT2D eigenvalue weighted by Gasteiger charge is 2.37. The predicted octanol–water partition coefficient (Wildman–Crippen LogP) is 5.23. The summed E-state index contributed by atoms with van der Waals surface area (Å²) in [7, 11) is -1.86. The molecule has 1 amide bonds. The zero-order valence-electron chi connectivity index (χ0n) is 20.0. The topological polar surface area (TPSA) is 56.6 Å². The standard InChI is InChI=1S/C25H32FN3O3Si/c1-25(2,3)33(4,5)32-15-14-28-12-13-29-23(24(28)30)20-16-19(10-11-22(20)27-29)31-17-18-8-6-7-9-21(18)26/h6-11,16H,12-15,17H2,1-5H3. The second-order valence-electron chi connectivity index (χ2n) is 10.0. The maximum absolute atomic E-state index is 13.9. The molecule has 0 atom stereocenters. The molecule has 6 nitrogen and oxygen atoms in total. The molecule has 33 heavy (non-hydrogen) atoms. The Morgan fingerprint density at radius 1 is 1.12 bits per heavy atom. The van der Waals surface area contributed by atoms with Gasteiger partial charge in [-0.15, -0.1) is 0 Å². The zero-order valence-corrected chi connectivity index (χ0v) is 21.0. The van der Waals surface area contributed by atoms with Crippen molar-refractivity contribution in [3.63, 3.8) is 0 Å². The second kappa shape index (κ2) is 8.91. The highest BCUT2D eigenvalue weighted by atomic mass is 28.4. The molecule has 176 valence electrons. The molecule has 1 aliphatic rings. The van der Waals surface area contributed by atoms with Crippen molar-refractivity contribution in [2.75, 3.05) is 19.7 Å². The van der Waals surface area contributed by atoms with Crippen LogP contribution in [0.2, 0.25) is 18.1 Å². The van der Waals surface area contributed by atoms with Crippen LogP contribution in [0, 0.1) is 5.82 Å². The van der Waals surface area contributed by atoms with E-state index in [0.717, 1.165) is 10.9 Å². The van der Waals surface area contributed by atoms with Crippen molar-refractivity contribution in [2.24, 2.45) is 0 Å². The monoisotopic (exact) mass is 469 g/mol. The van der Waals surface area contributed by atoms with Crippen molar-refractivity contribution in [1.29, 1.82) is 0 Å². The third kappa shape index (κ3) is 4.82. The molecule has 4 rings (SSSR count). The van der Waals surface area contributed by atoms with Gasteiger partial charge in [0.05, 0.1) is 18.7 Å². The summed E-state index contributed by atoms with van der Waals surface area (Å²) in [6.45, 7) is 13.5. The lowest BCUT2D eigenvalue weighted by Crippen LogP contribution is -2.45. The summed E-state index contributed by atoms with van der Waals surface area (Å²) in [6.07, 6.45) is 0. The van der Waals surface area contributed by atoms with Gasteiger partial charge in [-0.1, -0.05) is 39.0 Å². The van der Waals surface area contributed by atoms with Gasteiger partial charge in [0.1, 0.15) is 23.9 Å². The summed E-state index contributed by atoms with van der Waals surface area (Å²) in [6, 6.07) is 12.0. The van der Waals surface area contributed by atoms with Crippen LogP contribution >= 0.6 is 0 Å². The van der Waals surface area contributed by atoms with Gasteiger partial charge in [-0.3, -0.25) is 9.48 Å². The lowest BCUT2D eigenvalue weighted by molar-refractivity contribution is 0.0667. The molecule has 3 aromatic rings. The Hall–Kier alpha value is -2.71. The van der Waals surface area contributed by atoms with Gasteiger partial charge in [-0.25, -0.2) is 4.39 Å². The Morgan fingerprint density at radius 2 is 1.88 bits per heavy atom. The third-order valence-corrected chi connectivity index (χ3v) is 11.3. The number of amides is 1. The van der Waals surface area contributed by atoms with E-state index in [1.54, 1.807) is 28.9 Å². The second-order valence-corrected chi connectivity index (χ2v) is 14.8. The van der Waals surface area contributed by atoms with Gasteiger partial charge >= 0.3 is 0 Å². The molecule has 0 fully saturated rings. The molecule has 2 aromatic carbocycles. The molecule has 0 aliphatic carbocycles. The number of rotatable bonds is 7. The van der Waals surface area contributed by atoms with E-state index in [-0.39, 0.29) is 23.4 Å². The maximum Gasteiger partial charge on any atom is 0.272 e. The lowest BCUT2D eigenvalue weighted by Gasteiger charge is -2.37. The van der Waals surface area contributed by atoms with E-state index in [9.17, 15) is 9.18 Å². The molecule has 0 bridgehead atoms. The number of carbonyl (C=O) groups is 1. The van der Waals surface area contributed by atoms with Crippen molar-refractivity contribution < 1.29 is 18.3 Å². The minimum Gasteiger partial charge on any atom is -0.489 e. The van der Waals surface area contributed by atoms with Gasteiger partial charge in [0.25, 0.3) is 5.91 Å². The Bertz CT molecular complexity index is 1170. The SMILES string of the molecule is CC(C)(C)[Si](C)(C)OCCN1CCn2nc3ccc(OCc4ccccc4F)cc3c2C1=O. The predicted molar refractivity (Wildman–Crippen MR) is 130 cm³/mol.